The van der Waals surface area contributed by atoms with Crippen LogP contribution in [-0.2, 0) is 33.4 Å². The standard InChI is InChI=1S/C22H22Cl2N2O5S/c23-17-9-15(10-18(24)12-17)14-30-22(28)26-5-3-25(4-6-26)7-8-32(29)19-2-1-16-11-21(27)31-20(16)13-19/h1-2,9-10,12-13H,3-8,11,14H2/t32-/m1/s1. The highest BCUT2D eigenvalue weighted by molar-refractivity contribution is 7.85. The van der Waals surface area contributed by atoms with E-state index < -0.39 is 10.8 Å². The minimum absolute atomic E-state index is 0.106. The van der Waals surface area contributed by atoms with Crippen LogP contribution in [0, 0.1) is 0 Å². The lowest BCUT2D eigenvalue weighted by atomic mass is 10.2. The van der Waals surface area contributed by atoms with Gasteiger partial charge in [-0.05, 0) is 35.9 Å². The van der Waals surface area contributed by atoms with Gasteiger partial charge >= 0.3 is 12.1 Å². The molecule has 0 spiro atoms. The summed E-state index contributed by atoms with van der Waals surface area (Å²) in [6, 6.07) is 10.3. The zero-order valence-corrected chi connectivity index (χ0v) is 19.5. The lowest BCUT2D eigenvalue weighted by Gasteiger charge is -2.33. The first kappa shape index (κ1) is 23.0. The van der Waals surface area contributed by atoms with Crippen LogP contribution >= 0.6 is 23.2 Å². The zero-order valence-electron chi connectivity index (χ0n) is 17.2. The van der Waals surface area contributed by atoms with E-state index in [1.165, 1.54) is 0 Å². The van der Waals surface area contributed by atoms with Gasteiger partial charge in [0.2, 0.25) is 0 Å². The summed E-state index contributed by atoms with van der Waals surface area (Å²) in [6.07, 6.45) is -0.112. The fraction of sp³-hybridized carbons (Fsp3) is 0.364. The highest BCUT2D eigenvalue weighted by Gasteiger charge is 2.24. The maximum Gasteiger partial charge on any atom is 0.410 e. The molecule has 1 atom stereocenters. The van der Waals surface area contributed by atoms with Gasteiger partial charge in [-0.25, -0.2) is 4.79 Å². The van der Waals surface area contributed by atoms with Gasteiger partial charge in [-0.1, -0.05) is 29.3 Å². The van der Waals surface area contributed by atoms with E-state index in [1.807, 2.05) is 0 Å². The van der Waals surface area contributed by atoms with Crippen LogP contribution in [0.2, 0.25) is 10.0 Å². The number of nitrogens with zero attached hydrogens (tertiary/aromatic N) is 2. The Morgan fingerprint density at radius 2 is 1.78 bits per heavy atom. The molecule has 2 aromatic carbocycles. The van der Waals surface area contributed by atoms with Gasteiger partial charge in [0.1, 0.15) is 12.4 Å². The van der Waals surface area contributed by atoms with Crippen LogP contribution in [0.3, 0.4) is 0 Å². The largest absolute Gasteiger partial charge is 0.445 e. The lowest BCUT2D eigenvalue weighted by Crippen LogP contribution is -2.49. The van der Waals surface area contributed by atoms with Crippen LogP contribution in [-0.4, -0.2) is 64.5 Å². The second kappa shape index (κ2) is 10.2. The van der Waals surface area contributed by atoms with Gasteiger partial charge in [0.15, 0.2) is 0 Å². The fourth-order valence-corrected chi connectivity index (χ4v) is 5.34. The molecule has 170 valence electrons. The van der Waals surface area contributed by atoms with E-state index in [1.54, 1.807) is 41.3 Å². The minimum atomic E-state index is -1.19. The van der Waals surface area contributed by atoms with Gasteiger partial charge in [-0.15, -0.1) is 0 Å². The summed E-state index contributed by atoms with van der Waals surface area (Å²) in [5.74, 6) is 0.691. The quantitative estimate of drug-likeness (QED) is 0.449. The normalized spacial score (nSPS) is 17.1. The molecule has 2 heterocycles. The van der Waals surface area contributed by atoms with E-state index >= 15 is 0 Å². The molecule has 0 N–H and O–H groups in total. The van der Waals surface area contributed by atoms with Crippen LogP contribution in [0.4, 0.5) is 4.79 Å². The third-order valence-corrected chi connectivity index (χ3v) is 7.14. The molecule has 2 aliphatic rings. The lowest BCUT2D eigenvalue weighted by molar-refractivity contribution is -0.131. The summed E-state index contributed by atoms with van der Waals surface area (Å²) in [4.78, 5) is 28.2. The molecule has 1 fully saturated rings. The molecule has 0 aliphatic carbocycles. The number of hydrogen-bond acceptors (Lipinski definition) is 6. The Balaban J connectivity index is 1.20. The Morgan fingerprint density at radius 3 is 2.50 bits per heavy atom. The summed E-state index contributed by atoms with van der Waals surface area (Å²) >= 11 is 11.9. The van der Waals surface area contributed by atoms with Gasteiger partial charge in [0, 0.05) is 59.0 Å². The molecule has 0 unspecified atom stereocenters. The van der Waals surface area contributed by atoms with Crippen LogP contribution in [0.5, 0.6) is 5.75 Å². The molecule has 0 bridgehead atoms. The molecule has 0 aromatic heterocycles. The van der Waals surface area contributed by atoms with E-state index in [0.717, 1.165) is 11.1 Å². The third kappa shape index (κ3) is 5.81. The molecule has 7 nitrogen and oxygen atoms in total. The Labute approximate surface area is 198 Å². The first-order chi connectivity index (χ1) is 15.4. The van der Waals surface area contributed by atoms with Crippen molar-refractivity contribution >= 4 is 46.1 Å². The number of rotatable bonds is 6. The topological polar surface area (TPSA) is 76.2 Å². The van der Waals surface area contributed by atoms with Crippen molar-refractivity contribution in [1.29, 1.82) is 0 Å². The first-order valence-corrected chi connectivity index (χ1v) is 12.3. The predicted octanol–water partition coefficient (Wildman–Crippen LogP) is 3.52. The first-order valence-electron chi connectivity index (χ1n) is 10.2. The Kier molecular flexibility index (Phi) is 7.35. The predicted molar refractivity (Wildman–Crippen MR) is 122 cm³/mol. The van der Waals surface area contributed by atoms with Crippen molar-refractivity contribution < 1.29 is 23.3 Å². The van der Waals surface area contributed by atoms with Crippen molar-refractivity contribution in [2.45, 2.75) is 17.9 Å². The number of halogens is 2. The molecule has 1 amide bonds. The molecule has 0 radical (unpaired) electrons. The molecular weight excluding hydrogens is 475 g/mol. The maximum atomic E-state index is 12.6. The van der Waals surface area contributed by atoms with E-state index in [2.05, 4.69) is 4.90 Å². The number of fused-ring (bicyclic) bond motifs is 1. The molecule has 0 saturated carbocycles. The van der Waals surface area contributed by atoms with Crippen molar-refractivity contribution in [1.82, 2.24) is 9.80 Å². The highest BCUT2D eigenvalue weighted by atomic mass is 35.5. The van der Waals surface area contributed by atoms with Gasteiger partial charge < -0.3 is 14.4 Å². The van der Waals surface area contributed by atoms with Crippen molar-refractivity contribution in [3.05, 3.63) is 57.6 Å². The summed E-state index contributed by atoms with van der Waals surface area (Å²) in [7, 11) is -1.19. The van der Waals surface area contributed by atoms with Crippen LogP contribution in [0.25, 0.3) is 0 Å². The number of carbonyl (C=O) groups excluding carboxylic acids is 2. The Hall–Kier alpha value is -2.13. The van der Waals surface area contributed by atoms with E-state index in [4.69, 9.17) is 32.7 Å². The monoisotopic (exact) mass is 496 g/mol. The summed E-state index contributed by atoms with van der Waals surface area (Å²) in [5.41, 5.74) is 1.57. The number of benzene rings is 2. The summed E-state index contributed by atoms with van der Waals surface area (Å²) in [5, 5.41) is 0.992. The zero-order chi connectivity index (χ0) is 22.7. The van der Waals surface area contributed by atoms with Crippen molar-refractivity contribution in [3.63, 3.8) is 0 Å². The van der Waals surface area contributed by atoms with Gasteiger partial charge in [0.25, 0.3) is 0 Å². The van der Waals surface area contributed by atoms with Gasteiger partial charge in [0.05, 0.1) is 17.2 Å². The maximum absolute atomic E-state index is 12.6. The SMILES string of the molecule is O=C1Cc2ccc([S@](=O)CCN3CCN(C(=O)OCc4cc(Cl)cc(Cl)c4)CC3)cc2O1. The number of ether oxygens (including phenoxy) is 2. The molecule has 10 heteroatoms. The Morgan fingerprint density at radius 1 is 1.06 bits per heavy atom. The van der Waals surface area contributed by atoms with E-state index in [9.17, 15) is 13.8 Å². The summed E-state index contributed by atoms with van der Waals surface area (Å²) in [6.45, 7) is 3.18. The van der Waals surface area contributed by atoms with Gasteiger partial charge in [-0.3, -0.25) is 13.9 Å². The fourth-order valence-electron chi connectivity index (χ4n) is 3.65. The van der Waals surface area contributed by atoms with E-state index in [-0.39, 0.29) is 25.1 Å². The summed E-state index contributed by atoms with van der Waals surface area (Å²) < 4.78 is 23.2. The van der Waals surface area contributed by atoms with Crippen molar-refractivity contribution in [2.75, 3.05) is 38.5 Å². The molecule has 2 aromatic rings. The average Bonchev–Trinajstić information content (AvgIpc) is 3.14. The average molecular weight is 497 g/mol. The number of hydrogen-bond donors (Lipinski definition) is 0. The molecule has 1 saturated heterocycles. The highest BCUT2D eigenvalue weighted by Crippen LogP contribution is 2.28. The van der Waals surface area contributed by atoms with Crippen LogP contribution in [0.15, 0.2) is 41.3 Å². The molecule has 4 rings (SSSR count). The number of piperazine rings is 1. The van der Waals surface area contributed by atoms with E-state index in [0.29, 0.717) is 59.2 Å². The van der Waals surface area contributed by atoms with Crippen molar-refractivity contribution in [2.24, 2.45) is 0 Å². The second-order valence-corrected chi connectivity index (χ2v) is 10.1. The van der Waals surface area contributed by atoms with Crippen LogP contribution in [0.1, 0.15) is 11.1 Å². The van der Waals surface area contributed by atoms with Crippen LogP contribution < -0.4 is 4.74 Å². The van der Waals surface area contributed by atoms with Crippen molar-refractivity contribution in [3.8, 4) is 5.75 Å². The molecule has 2 aliphatic heterocycles. The molecule has 32 heavy (non-hydrogen) atoms. The smallest absolute Gasteiger partial charge is 0.410 e. The number of amides is 1. The minimum Gasteiger partial charge on any atom is -0.445 e. The Bertz CT molecular complexity index is 1040. The third-order valence-electron chi connectivity index (χ3n) is 5.37. The second-order valence-electron chi connectivity index (χ2n) is 7.63. The number of carbonyl (C=O) groups is 2. The van der Waals surface area contributed by atoms with Gasteiger partial charge in [-0.2, -0.15) is 0 Å². The number of esters is 1. The molecular formula is C22H22Cl2N2O5S.